The highest BCUT2D eigenvalue weighted by Gasteiger charge is 2.34. The summed E-state index contributed by atoms with van der Waals surface area (Å²) in [5, 5.41) is 6.79. The maximum atomic E-state index is 12.8. The van der Waals surface area contributed by atoms with Gasteiger partial charge in [0.1, 0.15) is 11.4 Å². The van der Waals surface area contributed by atoms with Gasteiger partial charge in [-0.05, 0) is 44.2 Å². The zero-order valence-corrected chi connectivity index (χ0v) is 22.7. The van der Waals surface area contributed by atoms with E-state index < -0.39 is 0 Å². The van der Waals surface area contributed by atoms with E-state index in [9.17, 15) is 9.59 Å². The van der Waals surface area contributed by atoms with E-state index >= 15 is 0 Å². The zero-order chi connectivity index (χ0) is 26.0. The minimum absolute atomic E-state index is 0.0490. The summed E-state index contributed by atoms with van der Waals surface area (Å²) < 4.78 is 11.6. The van der Waals surface area contributed by atoms with Gasteiger partial charge in [0.15, 0.2) is 0 Å². The Kier molecular flexibility index (Phi) is 10.6. The number of piperidine rings is 1. The monoisotopic (exact) mass is 511 g/mol. The highest BCUT2D eigenvalue weighted by atomic mass is 16.5. The molecule has 0 aromatic heterocycles. The first-order chi connectivity index (χ1) is 18.1. The molecule has 1 heterocycles. The Hall–Kier alpha value is -2.22. The van der Waals surface area contributed by atoms with Gasteiger partial charge >= 0.3 is 0 Å². The number of hydrogen-bond acceptors (Lipinski definition) is 7. The van der Waals surface area contributed by atoms with E-state index in [1.54, 1.807) is 7.11 Å². The van der Waals surface area contributed by atoms with Crippen molar-refractivity contribution in [1.82, 2.24) is 5.32 Å². The third-order valence-corrected chi connectivity index (χ3v) is 8.15. The Morgan fingerprint density at radius 2 is 1.78 bits per heavy atom. The maximum Gasteiger partial charge on any atom is 0.253 e. The van der Waals surface area contributed by atoms with E-state index in [0.29, 0.717) is 37.1 Å². The first kappa shape index (κ1) is 27.8. The molecule has 0 bridgehead atoms. The van der Waals surface area contributed by atoms with Gasteiger partial charge in [-0.1, -0.05) is 62.4 Å². The van der Waals surface area contributed by atoms with Crippen molar-refractivity contribution >= 4 is 11.4 Å². The summed E-state index contributed by atoms with van der Waals surface area (Å²) in [5.74, 6) is 0.932. The van der Waals surface area contributed by atoms with E-state index in [0.717, 1.165) is 44.3 Å². The van der Waals surface area contributed by atoms with Crippen molar-refractivity contribution in [2.24, 2.45) is 11.8 Å². The van der Waals surface area contributed by atoms with Crippen LogP contribution >= 0.6 is 0 Å². The highest BCUT2D eigenvalue weighted by Crippen LogP contribution is 2.36. The molecule has 1 unspecified atom stereocenters. The van der Waals surface area contributed by atoms with Crippen molar-refractivity contribution in [3.8, 4) is 0 Å². The summed E-state index contributed by atoms with van der Waals surface area (Å²) in [6, 6.07) is 10.5. The normalized spacial score (nSPS) is 20.7. The number of rotatable bonds is 14. The van der Waals surface area contributed by atoms with Crippen LogP contribution in [-0.2, 0) is 9.47 Å². The van der Waals surface area contributed by atoms with Crippen LogP contribution in [0, 0.1) is 11.8 Å². The molecule has 2 aliphatic rings. The Morgan fingerprint density at radius 3 is 2.51 bits per heavy atom. The van der Waals surface area contributed by atoms with Crippen molar-refractivity contribution in [3.05, 3.63) is 56.3 Å². The van der Waals surface area contributed by atoms with Crippen LogP contribution in [0.1, 0.15) is 69.5 Å². The lowest BCUT2D eigenvalue weighted by Crippen LogP contribution is -2.49. The fourth-order valence-electron chi connectivity index (χ4n) is 6.31. The molecule has 0 amide bonds. The topological polar surface area (TPSA) is 79.9 Å². The molecule has 7 heteroatoms. The Balaban J connectivity index is 1.47. The van der Waals surface area contributed by atoms with Gasteiger partial charge < -0.3 is 25.0 Å². The molecule has 4 rings (SSSR count). The van der Waals surface area contributed by atoms with Crippen LogP contribution in [0.4, 0.5) is 11.4 Å². The van der Waals surface area contributed by atoms with Crippen LogP contribution < -0.4 is 26.4 Å². The van der Waals surface area contributed by atoms with Gasteiger partial charge in [-0.2, -0.15) is 0 Å². The van der Waals surface area contributed by atoms with Gasteiger partial charge in [-0.3, -0.25) is 9.59 Å². The summed E-state index contributed by atoms with van der Waals surface area (Å²) in [5.41, 5.74) is 1.57. The van der Waals surface area contributed by atoms with Crippen LogP contribution in [0.2, 0.25) is 0 Å². The molecule has 204 valence electrons. The number of nitrogens with zero attached hydrogens (tertiary/aromatic N) is 1. The quantitative estimate of drug-likeness (QED) is 0.290. The van der Waals surface area contributed by atoms with E-state index in [2.05, 4.69) is 27.7 Å². The number of benzene rings is 1. The lowest BCUT2D eigenvalue weighted by atomic mass is 9.84. The predicted octanol–water partition coefficient (Wildman–Crippen LogP) is 4.26. The Bertz CT molecular complexity index is 1010. The molecule has 3 atom stereocenters. The van der Waals surface area contributed by atoms with Crippen molar-refractivity contribution in [3.63, 3.8) is 0 Å². The first-order valence-electron chi connectivity index (χ1n) is 14.3. The summed E-state index contributed by atoms with van der Waals surface area (Å²) >= 11 is 0. The predicted molar refractivity (Wildman–Crippen MR) is 150 cm³/mol. The van der Waals surface area contributed by atoms with E-state index in [1.165, 1.54) is 32.1 Å². The second-order valence-corrected chi connectivity index (χ2v) is 10.9. The number of methoxy groups -OCH3 is 1. The fourth-order valence-corrected chi connectivity index (χ4v) is 6.31. The van der Waals surface area contributed by atoms with E-state index in [4.69, 9.17) is 9.47 Å². The number of anilines is 2. The molecule has 7 nitrogen and oxygen atoms in total. The average Bonchev–Trinajstić information content (AvgIpc) is 2.94. The molecule has 0 radical (unpaired) electrons. The average molecular weight is 512 g/mol. The van der Waals surface area contributed by atoms with Crippen LogP contribution in [0.15, 0.2) is 39.9 Å². The third kappa shape index (κ3) is 7.21. The number of hydrogen-bond donors (Lipinski definition) is 2. The lowest BCUT2D eigenvalue weighted by molar-refractivity contribution is -0.00235. The van der Waals surface area contributed by atoms with Gasteiger partial charge in [-0.15, -0.1) is 0 Å². The molecule has 2 aromatic rings. The largest absolute Gasteiger partial charge is 0.385 e. The van der Waals surface area contributed by atoms with Crippen molar-refractivity contribution < 1.29 is 9.47 Å². The molecule has 1 aliphatic carbocycles. The minimum Gasteiger partial charge on any atom is -0.385 e. The first-order valence-corrected chi connectivity index (χ1v) is 14.3. The lowest BCUT2D eigenvalue weighted by Gasteiger charge is -2.39. The van der Waals surface area contributed by atoms with Crippen LogP contribution in [0.5, 0.6) is 0 Å². The van der Waals surface area contributed by atoms with Crippen molar-refractivity contribution in [2.75, 3.05) is 57.2 Å². The van der Waals surface area contributed by atoms with Gasteiger partial charge in [0.05, 0.1) is 6.10 Å². The molecule has 1 saturated carbocycles. The van der Waals surface area contributed by atoms with E-state index in [-0.39, 0.29) is 28.9 Å². The summed E-state index contributed by atoms with van der Waals surface area (Å²) in [6.07, 6.45) is 10.3. The minimum atomic E-state index is -0.364. The SMILES string of the molecule is CNC[C@H](CC1CCCCC1)Nc1c(N2CCC[C@@H](C(OCCCOC)c3ccccc3)C2)c(=O)c1=O. The molecular weight excluding hydrogens is 466 g/mol. The fraction of sp³-hybridized carbons (Fsp3) is 0.667. The number of nitrogens with one attached hydrogen (secondary N) is 2. The number of ether oxygens (including phenoxy) is 2. The van der Waals surface area contributed by atoms with Gasteiger partial charge in [-0.25, -0.2) is 0 Å². The third-order valence-electron chi connectivity index (χ3n) is 8.15. The van der Waals surface area contributed by atoms with Gasteiger partial charge in [0, 0.05) is 51.9 Å². The smallest absolute Gasteiger partial charge is 0.253 e. The van der Waals surface area contributed by atoms with Crippen LogP contribution in [0.3, 0.4) is 0 Å². The van der Waals surface area contributed by atoms with Gasteiger partial charge in [0.2, 0.25) is 0 Å². The summed E-state index contributed by atoms with van der Waals surface area (Å²) in [6.45, 7) is 3.58. The second kappa shape index (κ2) is 14.1. The second-order valence-electron chi connectivity index (χ2n) is 10.9. The molecule has 2 N–H and O–H groups in total. The molecule has 2 aromatic carbocycles. The van der Waals surface area contributed by atoms with E-state index in [1.807, 2.05) is 25.2 Å². The zero-order valence-electron chi connectivity index (χ0n) is 22.7. The molecule has 0 spiro atoms. The van der Waals surface area contributed by atoms with Crippen molar-refractivity contribution in [2.45, 2.75) is 69.9 Å². The molecule has 1 saturated heterocycles. The molecule has 2 fully saturated rings. The standard InChI is InChI=1S/C30H45N3O4/c1-31-20-25(19-22-11-5-3-6-12-22)32-26-27(29(35)28(26)34)33-16-9-15-24(21-33)30(37-18-10-17-36-2)23-13-7-4-8-14-23/h4,7-8,13-14,22,24-25,30-32H,3,5-6,9-12,15-21H2,1-2H3/t24-,25+,30?/m1/s1. The Morgan fingerprint density at radius 1 is 1.00 bits per heavy atom. The van der Waals surface area contributed by atoms with Crippen molar-refractivity contribution in [1.29, 1.82) is 0 Å². The molecular formula is C30H45N3O4. The van der Waals surface area contributed by atoms with Crippen LogP contribution in [-0.4, -0.2) is 53.0 Å². The van der Waals surface area contributed by atoms with Crippen LogP contribution in [0.25, 0.3) is 0 Å². The summed E-state index contributed by atoms with van der Waals surface area (Å²) in [7, 11) is 3.66. The molecule has 37 heavy (non-hydrogen) atoms. The summed E-state index contributed by atoms with van der Waals surface area (Å²) in [4.78, 5) is 27.7. The highest BCUT2D eigenvalue weighted by molar-refractivity contribution is 5.75. The Labute approximate surface area is 221 Å². The molecule has 1 aliphatic heterocycles. The van der Waals surface area contributed by atoms with Gasteiger partial charge in [0.25, 0.3) is 10.9 Å². The number of likely N-dealkylation sites (N-methyl/N-ethyl adjacent to an activating group) is 1. The maximum absolute atomic E-state index is 12.8.